The van der Waals surface area contributed by atoms with Crippen molar-refractivity contribution >= 4 is 29.5 Å². The Morgan fingerprint density at radius 1 is 0.962 bits per heavy atom. The van der Waals surface area contributed by atoms with E-state index in [0.29, 0.717) is 17.5 Å². The highest BCUT2D eigenvalue weighted by Gasteiger charge is 2.32. The summed E-state index contributed by atoms with van der Waals surface area (Å²) in [5.74, 6) is -3.11. The van der Waals surface area contributed by atoms with Crippen molar-refractivity contribution in [3.05, 3.63) is 89.2 Å². The summed E-state index contributed by atoms with van der Waals surface area (Å²) >= 11 is 0. The molecule has 4 bridgehead atoms. The van der Waals surface area contributed by atoms with E-state index in [1.54, 1.807) is 37.3 Å². The molecule has 1 aliphatic rings. The fraction of sp³-hybridized carbons (Fsp3) is 0.395. The van der Waals surface area contributed by atoms with Crippen LogP contribution in [0.5, 0.6) is 17.2 Å². The predicted octanol–water partition coefficient (Wildman–Crippen LogP) is 3.31. The number of benzene rings is 3. The minimum atomic E-state index is -1.37. The smallest absolute Gasteiger partial charge is 0.253 e. The number of rotatable bonds is 5. The van der Waals surface area contributed by atoms with E-state index in [0.717, 1.165) is 6.07 Å². The summed E-state index contributed by atoms with van der Waals surface area (Å²) in [4.78, 5) is 68.0. The van der Waals surface area contributed by atoms with Crippen LogP contribution >= 0.6 is 0 Å². The molecule has 0 spiro atoms. The number of nitrogens with zero attached hydrogens (tertiary/aromatic N) is 1. The summed E-state index contributed by atoms with van der Waals surface area (Å²) in [7, 11) is 1.42. The van der Waals surface area contributed by atoms with Crippen LogP contribution in [0.15, 0.2) is 66.7 Å². The number of methoxy groups -OCH3 is 1. The SMILES string of the molecule is CC[C@H](C)[C@@H]1NC(=O)[C@H]([C@@H](C)O)NC(=O)CCCN(C(=O)c2ccccc2)CCNC(=O)c2ccc(OC)c(c2)Oc2cc(F)cc(c2)CNC1=O. The van der Waals surface area contributed by atoms with E-state index in [4.69, 9.17) is 9.47 Å². The van der Waals surface area contributed by atoms with Crippen LogP contribution < -0.4 is 30.7 Å². The van der Waals surface area contributed by atoms with Crippen molar-refractivity contribution in [1.82, 2.24) is 26.2 Å². The first-order chi connectivity index (χ1) is 24.9. The standard InChI is InChI=1S/C38H46FN5O8/c1-5-23(2)33-36(48)41-22-25-18-28(39)21-29(19-25)52-31-20-27(13-14-30(31)51-4)35(47)40-15-17-44(38(50)26-10-7-6-8-11-26)16-9-12-32(46)42-34(24(3)45)37(49)43-33/h6-8,10-11,13-14,18-21,23-24,33-34,45H,5,9,12,15-17,22H2,1-4H3,(H,40,47)(H,41,48)(H,42,46)(H,43,49)/t23-,24+,33-,34-/m0/s1. The monoisotopic (exact) mass is 719 g/mol. The Hall–Kier alpha value is -5.50. The van der Waals surface area contributed by atoms with Crippen molar-refractivity contribution < 1.29 is 42.9 Å². The van der Waals surface area contributed by atoms with Crippen molar-refractivity contribution in [2.75, 3.05) is 26.7 Å². The third-order valence-electron chi connectivity index (χ3n) is 8.73. The van der Waals surface area contributed by atoms with Gasteiger partial charge in [0.25, 0.3) is 11.8 Å². The third kappa shape index (κ3) is 10.8. The minimum Gasteiger partial charge on any atom is -0.493 e. The van der Waals surface area contributed by atoms with Gasteiger partial charge in [0.2, 0.25) is 17.7 Å². The Balaban J connectivity index is 1.66. The molecule has 14 heteroatoms. The number of amides is 5. The Bertz CT molecular complexity index is 1740. The average Bonchev–Trinajstić information content (AvgIpc) is 3.13. The molecule has 1 aliphatic heterocycles. The summed E-state index contributed by atoms with van der Waals surface area (Å²) in [6, 6.07) is 14.6. The summed E-state index contributed by atoms with van der Waals surface area (Å²) in [6.45, 7) is 5.19. The normalized spacial score (nSPS) is 19.4. The Labute approximate surface area is 302 Å². The van der Waals surface area contributed by atoms with Crippen molar-refractivity contribution in [3.8, 4) is 17.2 Å². The molecule has 5 N–H and O–H groups in total. The zero-order valence-corrected chi connectivity index (χ0v) is 29.7. The second-order valence-corrected chi connectivity index (χ2v) is 12.7. The van der Waals surface area contributed by atoms with Gasteiger partial charge in [-0.15, -0.1) is 0 Å². The lowest BCUT2D eigenvalue weighted by Crippen LogP contribution is -2.58. The maximum absolute atomic E-state index is 14.8. The molecule has 52 heavy (non-hydrogen) atoms. The van der Waals surface area contributed by atoms with Crippen LogP contribution in [0.1, 0.15) is 66.3 Å². The van der Waals surface area contributed by atoms with E-state index < -0.39 is 47.6 Å². The zero-order valence-electron chi connectivity index (χ0n) is 29.7. The van der Waals surface area contributed by atoms with Gasteiger partial charge in [0.1, 0.15) is 23.7 Å². The van der Waals surface area contributed by atoms with Crippen molar-refractivity contribution in [3.63, 3.8) is 0 Å². The molecule has 3 aromatic carbocycles. The average molecular weight is 720 g/mol. The van der Waals surface area contributed by atoms with Crippen LogP contribution in [-0.4, -0.2) is 84.5 Å². The first kappa shape index (κ1) is 39.3. The van der Waals surface area contributed by atoms with Crippen molar-refractivity contribution in [2.45, 2.75) is 64.8 Å². The highest BCUT2D eigenvalue weighted by atomic mass is 19.1. The van der Waals surface area contributed by atoms with Gasteiger partial charge < -0.3 is 40.7 Å². The third-order valence-corrected chi connectivity index (χ3v) is 8.73. The van der Waals surface area contributed by atoms with Crippen molar-refractivity contribution in [2.24, 2.45) is 5.92 Å². The van der Waals surface area contributed by atoms with E-state index >= 15 is 0 Å². The fourth-order valence-electron chi connectivity index (χ4n) is 5.62. The lowest BCUT2D eigenvalue weighted by atomic mass is 9.97. The molecule has 4 atom stereocenters. The molecule has 4 rings (SSSR count). The molecule has 5 amide bonds. The summed E-state index contributed by atoms with van der Waals surface area (Å²) < 4.78 is 26.2. The second-order valence-electron chi connectivity index (χ2n) is 12.7. The molecule has 0 saturated heterocycles. The molecule has 0 aliphatic carbocycles. The molecule has 1 heterocycles. The Kier molecular flexibility index (Phi) is 14.1. The molecular weight excluding hydrogens is 673 g/mol. The lowest BCUT2D eigenvalue weighted by molar-refractivity contribution is -0.135. The van der Waals surface area contributed by atoms with E-state index in [1.807, 2.05) is 6.92 Å². The topological polar surface area (TPSA) is 175 Å². The van der Waals surface area contributed by atoms with Gasteiger partial charge in [0, 0.05) is 49.8 Å². The molecule has 3 aromatic rings. The van der Waals surface area contributed by atoms with Gasteiger partial charge in [0.05, 0.1) is 13.2 Å². The number of aliphatic hydroxyl groups is 1. The molecule has 0 radical (unpaired) electrons. The molecule has 278 valence electrons. The number of carbonyl (C=O) groups excluding carboxylic acids is 5. The fourth-order valence-corrected chi connectivity index (χ4v) is 5.62. The molecule has 0 fully saturated rings. The highest BCUT2D eigenvalue weighted by molar-refractivity contribution is 5.96. The van der Waals surface area contributed by atoms with E-state index in [9.17, 15) is 33.5 Å². The maximum atomic E-state index is 14.8. The molecule has 13 nitrogen and oxygen atoms in total. The number of hydrogen-bond donors (Lipinski definition) is 5. The number of ether oxygens (including phenoxy) is 2. The Morgan fingerprint density at radius 2 is 1.71 bits per heavy atom. The summed E-state index contributed by atoms with van der Waals surface area (Å²) in [5, 5.41) is 21.2. The maximum Gasteiger partial charge on any atom is 0.253 e. The van der Waals surface area contributed by atoms with Gasteiger partial charge in [-0.25, -0.2) is 4.39 Å². The lowest BCUT2D eigenvalue weighted by Gasteiger charge is -2.28. The van der Waals surface area contributed by atoms with Crippen LogP contribution in [0, 0.1) is 11.7 Å². The summed E-state index contributed by atoms with van der Waals surface area (Å²) in [6.07, 6.45) is -0.656. The number of halogens is 1. The Morgan fingerprint density at radius 3 is 2.40 bits per heavy atom. The number of fused-ring (bicyclic) bond motifs is 4. The highest BCUT2D eigenvalue weighted by Crippen LogP contribution is 2.33. The van der Waals surface area contributed by atoms with Crippen molar-refractivity contribution in [1.29, 1.82) is 0 Å². The predicted molar refractivity (Wildman–Crippen MR) is 190 cm³/mol. The number of aliphatic hydroxyl groups excluding tert-OH is 1. The quantitative estimate of drug-likeness (QED) is 0.267. The zero-order chi connectivity index (χ0) is 37.8. The van der Waals surface area contributed by atoms with Crippen LogP contribution in [0.4, 0.5) is 4.39 Å². The number of hydrogen-bond acceptors (Lipinski definition) is 8. The minimum absolute atomic E-state index is 0.0758. The number of nitrogens with one attached hydrogen (secondary N) is 4. The van der Waals surface area contributed by atoms with Gasteiger partial charge in [0.15, 0.2) is 11.5 Å². The molecule has 0 aromatic heterocycles. The van der Waals surface area contributed by atoms with Crippen LogP contribution in [0.25, 0.3) is 0 Å². The van der Waals surface area contributed by atoms with Gasteiger partial charge in [-0.2, -0.15) is 0 Å². The molecule has 0 saturated carbocycles. The second kappa shape index (κ2) is 18.7. The largest absolute Gasteiger partial charge is 0.493 e. The first-order valence-electron chi connectivity index (χ1n) is 17.2. The molecular formula is C38H46FN5O8. The van der Waals surface area contributed by atoms with Crippen LogP contribution in [-0.2, 0) is 20.9 Å². The molecule has 0 unspecified atom stereocenters. The van der Waals surface area contributed by atoms with Gasteiger partial charge in [-0.05, 0) is 67.3 Å². The van der Waals surface area contributed by atoms with Crippen LogP contribution in [0.2, 0.25) is 0 Å². The van der Waals surface area contributed by atoms with Gasteiger partial charge in [-0.1, -0.05) is 38.5 Å². The van der Waals surface area contributed by atoms with E-state index in [-0.39, 0.29) is 73.7 Å². The van der Waals surface area contributed by atoms with Crippen LogP contribution in [0.3, 0.4) is 0 Å². The summed E-state index contributed by atoms with van der Waals surface area (Å²) in [5.41, 5.74) is 0.996. The van der Waals surface area contributed by atoms with E-state index in [1.165, 1.54) is 49.3 Å². The van der Waals surface area contributed by atoms with E-state index in [2.05, 4.69) is 21.3 Å². The number of carbonyl (C=O) groups is 5. The van der Waals surface area contributed by atoms with Gasteiger partial charge in [-0.3, -0.25) is 24.0 Å². The van der Waals surface area contributed by atoms with Gasteiger partial charge >= 0.3 is 0 Å². The first-order valence-corrected chi connectivity index (χ1v) is 17.2.